The first-order chi connectivity index (χ1) is 7.99. The highest BCUT2D eigenvalue weighted by Crippen LogP contribution is 2.04. The Bertz CT molecular complexity index is 249. The number of nitrogens with two attached hydrogens (primary N) is 1. The zero-order chi connectivity index (χ0) is 12.8. The fourth-order valence-electron chi connectivity index (χ4n) is 1.95. The van der Waals surface area contributed by atoms with Crippen molar-refractivity contribution in [3.8, 4) is 0 Å². The summed E-state index contributed by atoms with van der Waals surface area (Å²) < 4.78 is 0. The summed E-state index contributed by atoms with van der Waals surface area (Å²) in [6, 6.07) is 0.814. The maximum absolute atomic E-state index is 5.79. The van der Waals surface area contributed by atoms with Crippen molar-refractivity contribution in [2.75, 3.05) is 39.8 Å². The summed E-state index contributed by atoms with van der Waals surface area (Å²) in [5, 5.41) is 3.11. The molecule has 0 aromatic carbocycles. The third kappa shape index (κ3) is 6.75. The highest BCUT2D eigenvalue weighted by molar-refractivity contribution is 14.0. The van der Waals surface area contributed by atoms with Crippen molar-refractivity contribution in [1.82, 2.24) is 15.1 Å². The van der Waals surface area contributed by atoms with Crippen LogP contribution >= 0.6 is 24.0 Å². The lowest BCUT2D eigenvalue weighted by molar-refractivity contribution is 0.122. The van der Waals surface area contributed by atoms with Crippen LogP contribution in [0.3, 0.4) is 0 Å². The molecule has 1 fully saturated rings. The second-order valence-corrected chi connectivity index (χ2v) is 5.21. The molecular weight excluding hydrogens is 341 g/mol. The van der Waals surface area contributed by atoms with E-state index in [1.54, 1.807) is 0 Å². The first kappa shape index (κ1) is 17.9. The molecule has 108 valence electrons. The quantitative estimate of drug-likeness (QED) is 0.432. The number of hydrogen-bond donors (Lipinski definition) is 2. The first-order valence-electron chi connectivity index (χ1n) is 6.48. The van der Waals surface area contributed by atoms with E-state index >= 15 is 0 Å². The fraction of sp³-hybridized carbons (Fsp3) is 0.917. The van der Waals surface area contributed by atoms with Gasteiger partial charge in [-0.15, -0.1) is 24.0 Å². The van der Waals surface area contributed by atoms with Crippen LogP contribution in [0.1, 0.15) is 20.8 Å². The molecule has 0 amide bonds. The number of rotatable bonds is 4. The van der Waals surface area contributed by atoms with Gasteiger partial charge in [-0.05, 0) is 27.8 Å². The second kappa shape index (κ2) is 8.92. The van der Waals surface area contributed by atoms with Crippen molar-refractivity contribution in [3.05, 3.63) is 0 Å². The van der Waals surface area contributed by atoms with Gasteiger partial charge in [-0.1, -0.05) is 0 Å². The summed E-state index contributed by atoms with van der Waals surface area (Å²) in [6.45, 7) is 11.7. The fourth-order valence-corrected chi connectivity index (χ4v) is 1.95. The summed E-state index contributed by atoms with van der Waals surface area (Å²) in [5.74, 6) is 0.556. The van der Waals surface area contributed by atoms with Crippen LogP contribution in [-0.4, -0.2) is 67.6 Å². The van der Waals surface area contributed by atoms with E-state index in [1.807, 2.05) is 0 Å². The number of piperazine rings is 1. The SMILES string of the molecule is CC(C)NC(N)=NCC(C)N1CCN(C)CC1.I. The number of guanidine groups is 1. The molecule has 1 heterocycles. The van der Waals surface area contributed by atoms with Crippen molar-refractivity contribution >= 4 is 29.9 Å². The van der Waals surface area contributed by atoms with E-state index in [1.165, 1.54) is 0 Å². The van der Waals surface area contributed by atoms with Gasteiger partial charge in [0.15, 0.2) is 5.96 Å². The summed E-state index contributed by atoms with van der Waals surface area (Å²) in [5.41, 5.74) is 5.79. The van der Waals surface area contributed by atoms with Crippen LogP contribution < -0.4 is 11.1 Å². The molecule has 1 rings (SSSR count). The Balaban J connectivity index is 0.00000289. The Labute approximate surface area is 128 Å². The smallest absolute Gasteiger partial charge is 0.188 e. The number of hydrogen-bond acceptors (Lipinski definition) is 3. The van der Waals surface area contributed by atoms with Crippen LogP contribution in [0.2, 0.25) is 0 Å². The Hall–Kier alpha value is -0.0800. The lowest BCUT2D eigenvalue weighted by Crippen LogP contribution is -2.49. The molecule has 1 saturated heterocycles. The molecule has 1 aliphatic heterocycles. The maximum atomic E-state index is 5.79. The van der Waals surface area contributed by atoms with Gasteiger partial charge in [0.05, 0.1) is 6.54 Å². The Morgan fingerprint density at radius 1 is 1.22 bits per heavy atom. The Morgan fingerprint density at radius 3 is 2.28 bits per heavy atom. The van der Waals surface area contributed by atoms with Crippen molar-refractivity contribution in [3.63, 3.8) is 0 Å². The first-order valence-corrected chi connectivity index (χ1v) is 6.48. The summed E-state index contributed by atoms with van der Waals surface area (Å²) in [7, 11) is 2.17. The molecule has 3 N–H and O–H groups in total. The lowest BCUT2D eigenvalue weighted by Gasteiger charge is -2.35. The standard InChI is InChI=1S/C12H27N5.HI/c1-10(2)15-12(13)14-9-11(3)17-7-5-16(4)6-8-17;/h10-11H,5-9H2,1-4H3,(H3,13,14,15);1H. The van der Waals surface area contributed by atoms with Gasteiger partial charge in [-0.25, -0.2) is 0 Å². The van der Waals surface area contributed by atoms with Crippen molar-refractivity contribution < 1.29 is 0 Å². The van der Waals surface area contributed by atoms with E-state index in [-0.39, 0.29) is 24.0 Å². The predicted octanol–water partition coefficient (Wildman–Crippen LogP) is 0.553. The predicted molar refractivity (Wildman–Crippen MR) is 88.7 cm³/mol. The van der Waals surface area contributed by atoms with Gasteiger partial charge in [0.25, 0.3) is 0 Å². The monoisotopic (exact) mass is 369 g/mol. The van der Waals surface area contributed by atoms with Gasteiger partial charge >= 0.3 is 0 Å². The summed E-state index contributed by atoms with van der Waals surface area (Å²) in [4.78, 5) is 9.23. The lowest BCUT2D eigenvalue weighted by atomic mass is 10.2. The topological polar surface area (TPSA) is 56.9 Å². The highest BCUT2D eigenvalue weighted by atomic mass is 127. The molecule has 0 aliphatic carbocycles. The number of nitrogens with zero attached hydrogens (tertiary/aromatic N) is 3. The number of likely N-dealkylation sites (N-methyl/N-ethyl adjacent to an activating group) is 1. The molecule has 1 unspecified atom stereocenters. The molecule has 0 aromatic rings. The van der Waals surface area contributed by atoms with E-state index < -0.39 is 0 Å². The van der Waals surface area contributed by atoms with Crippen LogP contribution in [-0.2, 0) is 0 Å². The van der Waals surface area contributed by atoms with Gasteiger partial charge in [0, 0.05) is 38.3 Å². The minimum atomic E-state index is 0. The maximum Gasteiger partial charge on any atom is 0.188 e. The average molecular weight is 369 g/mol. The molecule has 18 heavy (non-hydrogen) atoms. The van der Waals surface area contributed by atoms with Gasteiger partial charge in [0.1, 0.15) is 0 Å². The molecule has 1 aliphatic rings. The summed E-state index contributed by atoms with van der Waals surface area (Å²) >= 11 is 0. The van der Waals surface area contributed by atoms with Crippen LogP contribution in [0.5, 0.6) is 0 Å². The largest absolute Gasteiger partial charge is 0.370 e. The van der Waals surface area contributed by atoms with Gasteiger partial charge in [-0.3, -0.25) is 9.89 Å². The zero-order valence-corrected chi connectivity index (χ0v) is 14.3. The van der Waals surface area contributed by atoms with Crippen LogP contribution in [0.4, 0.5) is 0 Å². The molecule has 5 nitrogen and oxygen atoms in total. The van der Waals surface area contributed by atoms with E-state index in [9.17, 15) is 0 Å². The Kier molecular flexibility index (Phi) is 8.89. The van der Waals surface area contributed by atoms with Crippen molar-refractivity contribution in [1.29, 1.82) is 0 Å². The average Bonchev–Trinajstić information content (AvgIpc) is 2.26. The molecule has 1 atom stereocenters. The van der Waals surface area contributed by atoms with E-state index in [0.717, 1.165) is 32.7 Å². The third-order valence-corrected chi connectivity index (χ3v) is 3.12. The molecule has 0 saturated carbocycles. The van der Waals surface area contributed by atoms with Gasteiger partial charge in [0.2, 0.25) is 0 Å². The molecule has 0 bridgehead atoms. The number of aliphatic imine (C=N–C) groups is 1. The van der Waals surface area contributed by atoms with Crippen molar-refractivity contribution in [2.24, 2.45) is 10.7 Å². The summed E-state index contributed by atoms with van der Waals surface area (Å²) in [6.07, 6.45) is 0. The number of halogens is 1. The molecule has 0 aromatic heterocycles. The Morgan fingerprint density at radius 2 is 1.78 bits per heavy atom. The molecular formula is C12H28IN5. The minimum absolute atomic E-state index is 0. The van der Waals surface area contributed by atoms with E-state index in [0.29, 0.717) is 18.0 Å². The van der Waals surface area contributed by atoms with Crippen LogP contribution in [0, 0.1) is 0 Å². The zero-order valence-electron chi connectivity index (χ0n) is 12.0. The van der Waals surface area contributed by atoms with Crippen LogP contribution in [0.25, 0.3) is 0 Å². The van der Waals surface area contributed by atoms with Gasteiger partial charge in [-0.2, -0.15) is 0 Å². The van der Waals surface area contributed by atoms with Crippen LogP contribution in [0.15, 0.2) is 4.99 Å². The normalized spacial score (nSPS) is 20.6. The second-order valence-electron chi connectivity index (χ2n) is 5.21. The molecule has 6 heteroatoms. The van der Waals surface area contributed by atoms with E-state index in [2.05, 4.69) is 47.9 Å². The van der Waals surface area contributed by atoms with Crippen molar-refractivity contribution in [2.45, 2.75) is 32.9 Å². The third-order valence-electron chi connectivity index (χ3n) is 3.12. The molecule has 0 radical (unpaired) electrons. The number of nitrogens with one attached hydrogen (secondary N) is 1. The highest BCUT2D eigenvalue weighted by Gasteiger charge is 2.18. The van der Waals surface area contributed by atoms with Gasteiger partial charge < -0.3 is 16.0 Å². The van der Waals surface area contributed by atoms with E-state index in [4.69, 9.17) is 5.73 Å². The molecule has 0 spiro atoms. The minimum Gasteiger partial charge on any atom is -0.370 e.